The minimum atomic E-state index is -0.463. The fourth-order valence-corrected chi connectivity index (χ4v) is 3.74. The van der Waals surface area contributed by atoms with Crippen molar-refractivity contribution in [2.45, 2.75) is 25.7 Å². The summed E-state index contributed by atoms with van der Waals surface area (Å²) in [6.07, 6.45) is 3.00. The molecule has 2 aromatic rings. The summed E-state index contributed by atoms with van der Waals surface area (Å²) < 4.78 is 5.66. The van der Waals surface area contributed by atoms with Gasteiger partial charge in [-0.2, -0.15) is 5.26 Å². The molecule has 3 N–H and O–H groups in total. The van der Waals surface area contributed by atoms with Gasteiger partial charge in [0.05, 0.1) is 5.92 Å². The standard InChI is InChI=1S/C19H17N3O2/c1-10-6-15(23)18-16(7-10)24-19(21)12(8-20)17(18)13-9-22-14-5-3-2-4-11(13)14/h2-5,9-10,17,22H,6-7,21H2,1H3/t10-,17-/m0/s1. The van der Waals surface area contributed by atoms with Crippen LogP contribution < -0.4 is 5.73 Å². The number of rotatable bonds is 1. The van der Waals surface area contributed by atoms with Crippen molar-refractivity contribution in [2.75, 3.05) is 0 Å². The van der Waals surface area contributed by atoms with Crippen molar-refractivity contribution in [1.29, 1.82) is 5.26 Å². The number of nitrogens with two attached hydrogens (primary N) is 1. The fourth-order valence-electron chi connectivity index (χ4n) is 3.74. The number of H-pyrrole nitrogens is 1. The molecule has 24 heavy (non-hydrogen) atoms. The van der Waals surface area contributed by atoms with Crippen molar-refractivity contribution in [2.24, 2.45) is 11.7 Å². The number of ether oxygens (including phenoxy) is 1. The minimum Gasteiger partial charge on any atom is -0.444 e. The van der Waals surface area contributed by atoms with Gasteiger partial charge in [0.25, 0.3) is 0 Å². The highest BCUT2D eigenvalue weighted by Crippen LogP contribution is 2.46. The SMILES string of the molecule is C[C@H]1CC(=O)C2=C(C1)OC(N)=C(C#N)[C@H]2c1c[nH]c2ccccc12. The molecule has 0 amide bonds. The van der Waals surface area contributed by atoms with Crippen molar-refractivity contribution in [3.8, 4) is 6.07 Å². The van der Waals surface area contributed by atoms with Crippen LogP contribution in [0.15, 0.2) is 53.3 Å². The molecule has 2 atom stereocenters. The number of aromatic nitrogens is 1. The summed E-state index contributed by atoms with van der Waals surface area (Å²) in [5, 5.41) is 10.6. The molecular weight excluding hydrogens is 302 g/mol. The number of allylic oxidation sites excluding steroid dienone is 3. The Labute approximate surface area is 139 Å². The van der Waals surface area contributed by atoms with Gasteiger partial charge in [0.2, 0.25) is 5.88 Å². The van der Waals surface area contributed by atoms with E-state index in [1.165, 1.54) is 0 Å². The van der Waals surface area contributed by atoms with E-state index in [1.807, 2.05) is 37.4 Å². The van der Waals surface area contributed by atoms with E-state index in [9.17, 15) is 10.1 Å². The molecule has 120 valence electrons. The van der Waals surface area contributed by atoms with Crippen molar-refractivity contribution in [3.05, 3.63) is 58.8 Å². The number of benzene rings is 1. The third kappa shape index (κ3) is 2.04. The molecular formula is C19H17N3O2. The molecule has 2 aliphatic rings. The van der Waals surface area contributed by atoms with Crippen LogP contribution in [0.25, 0.3) is 10.9 Å². The molecule has 1 aromatic carbocycles. The zero-order valence-corrected chi connectivity index (χ0v) is 13.3. The predicted octanol–water partition coefficient (Wildman–Crippen LogP) is 3.23. The topological polar surface area (TPSA) is 91.9 Å². The lowest BCUT2D eigenvalue weighted by Gasteiger charge is -2.32. The number of nitriles is 1. The average Bonchev–Trinajstić information content (AvgIpc) is 2.97. The van der Waals surface area contributed by atoms with Gasteiger partial charge in [-0.05, 0) is 17.5 Å². The first kappa shape index (κ1) is 14.6. The summed E-state index contributed by atoms with van der Waals surface area (Å²) in [5.74, 6) is 0.518. The maximum absolute atomic E-state index is 12.7. The van der Waals surface area contributed by atoms with Gasteiger partial charge in [-0.25, -0.2) is 0 Å². The minimum absolute atomic E-state index is 0.0410. The molecule has 0 saturated heterocycles. The highest BCUT2D eigenvalue weighted by Gasteiger charge is 2.40. The molecule has 1 aliphatic carbocycles. The Balaban J connectivity index is 1.96. The van der Waals surface area contributed by atoms with Crippen molar-refractivity contribution < 1.29 is 9.53 Å². The average molecular weight is 319 g/mol. The van der Waals surface area contributed by atoms with Gasteiger partial charge in [0.1, 0.15) is 17.4 Å². The highest BCUT2D eigenvalue weighted by atomic mass is 16.5. The quantitative estimate of drug-likeness (QED) is 0.844. The number of nitrogens with one attached hydrogen (secondary N) is 1. The number of carbonyl (C=O) groups excluding carboxylic acids is 1. The molecule has 0 fully saturated rings. The lowest BCUT2D eigenvalue weighted by Crippen LogP contribution is -2.29. The van der Waals surface area contributed by atoms with Crippen molar-refractivity contribution >= 4 is 16.7 Å². The molecule has 5 nitrogen and oxygen atoms in total. The van der Waals surface area contributed by atoms with Crippen molar-refractivity contribution in [3.63, 3.8) is 0 Å². The second kappa shape index (κ2) is 5.27. The summed E-state index contributed by atoms with van der Waals surface area (Å²) >= 11 is 0. The molecule has 0 radical (unpaired) electrons. The van der Waals surface area contributed by atoms with Gasteiger partial charge in [0, 0.05) is 35.5 Å². The third-order valence-corrected chi connectivity index (χ3v) is 4.80. The smallest absolute Gasteiger partial charge is 0.205 e. The number of nitrogens with zero attached hydrogens (tertiary/aromatic N) is 1. The Morgan fingerprint density at radius 2 is 2.12 bits per heavy atom. The van der Waals surface area contributed by atoms with Crippen LogP contribution in [-0.4, -0.2) is 10.8 Å². The number of fused-ring (bicyclic) bond motifs is 1. The van der Waals surface area contributed by atoms with Gasteiger partial charge in [0.15, 0.2) is 5.78 Å². The Bertz CT molecular complexity index is 958. The molecule has 0 spiro atoms. The van der Waals surface area contributed by atoms with Gasteiger partial charge in [-0.3, -0.25) is 4.79 Å². The van der Waals surface area contributed by atoms with Gasteiger partial charge >= 0.3 is 0 Å². The van der Waals surface area contributed by atoms with E-state index < -0.39 is 5.92 Å². The van der Waals surface area contributed by atoms with Crippen molar-refractivity contribution in [1.82, 2.24) is 4.98 Å². The van der Waals surface area contributed by atoms with Gasteiger partial charge < -0.3 is 15.5 Å². The molecule has 1 aromatic heterocycles. The first-order valence-corrected chi connectivity index (χ1v) is 8.00. The van der Waals surface area contributed by atoms with Gasteiger partial charge in [-0.1, -0.05) is 25.1 Å². The summed E-state index contributed by atoms with van der Waals surface area (Å²) in [5.41, 5.74) is 8.76. The van der Waals surface area contributed by atoms with Gasteiger partial charge in [-0.15, -0.1) is 0 Å². The number of hydrogen-bond acceptors (Lipinski definition) is 4. The Morgan fingerprint density at radius 1 is 1.33 bits per heavy atom. The fraction of sp³-hybridized carbons (Fsp3) is 0.263. The maximum Gasteiger partial charge on any atom is 0.205 e. The van der Waals surface area contributed by atoms with Crippen LogP contribution in [0.1, 0.15) is 31.2 Å². The summed E-state index contributed by atoms with van der Waals surface area (Å²) in [4.78, 5) is 15.9. The Morgan fingerprint density at radius 3 is 2.92 bits per heavy atom. The van der Waals surface area contributed by atoms with E-state index in [0.717, 1.165) is 16.5 Å². The third-order valence-electron chi connectivity index (χ3n) is 4.80. The molecule has 0 bridgehead atoms. The van der Waals surface area contributed by atoms with Crippen LogP contribution in [0.4, 0.5) is 0 Å². The van der Waals surface area contributed by atoms with Crippen LogP contribution in [0.5, 0.6) is 0 Å². The first-order valence-electron chi connectivity index (χ1n) is 8.00. The number of ketones is 1. The molecule has 0 unspecified atom stereocenters. The second-order valence-corrected chi connectivity index (χ2v) is 6.49. The number of aromatic amines is 1. The van der Waals surface area contributed by atoms with E-state index in [2.05, 4.69) is 11.1 Å². The first-order chi connectivity index (χ1) is 11.6. The Hall–Kier alpha value is -3.00. The summed E-state index contributed by atoms with van der Waals surface area (Å²) in [6.45, 7) is 2.02. The number of hydrogen-bond donors (Lipinski definition) is 2. The lowest BCUT2D eigenvalue weighted by atomic mass is 9.75. The van der Waals surface area contributed by atoms with E-state index in [0.29, 0.717) is 29.7 Å². The van der Waals surface area contributed by atoms with Crippen LogP contribution in [-0.2, 0) is 9.53 Å². The van der Waals surface area contributed by atoms with E-state index in [4.69, 9.17) is 10.5 Å². The van der Waals surface area contributed by atoms with E-state index in [-0.39, 0.29) is 17.6 Å². The van der Waals surface area contributed by atoms with Crippen LogP contribution in [0.2, 0.25) is 0 Å². The zero-order valence-electron chi connectivity index (χ0n) is 13.3. The second-order valence-electron chi connectivity index (χ2n) is 6.49. The zero-order chi connectivity index (χ0) is 16.8. The molecule has 2 heterocycles. The van der Waals surface area contributed by atoms with E-state index >= 15 is 0 Å². The van der Waals surface area contributed by atoms with Crippen LogP contribution in [0, 0.1) is 17.2 Å². The number of carbonyl (C=O) groups is 1. The lowest BCUT2D eigenvalue weighted by molar-refractivity contribution is -0.117. The molecule has 1 aliphatic heterocycles. The Kier molecular flexibility index (Phi) is 3.20. The molecule has 0 saturated carbocycles. The molecule has 5 heteroatoms. The highest BCUT2D eigenvalue weighted by molar-refractivity contribution is 6.01. The maximum atomic E-state index is 12.7. The van der Waals surface area contributed by atoms with Crippen LogP contribution in [0.3, 0.4) is 0 Å². The van der Waals surface area contributed by atoms with E-state index in [1.54, 1.807) is 0 Å². The largest absolute Gasteiger partial charge is 0.444 e. The molecule has 4 rings (SSSR count). The normalized spacial score (nSPS) is 23.9. The summed E-state index contributed by atoms with van der Waals surface area (Å²) in [6, 6.07) is 9.99. The number of Topliss-reactive ketones (excluding diaryl/α,β-unsaturated/α-hetero) is 1. The predicted molar refractivity (Wildman–Crippen MR) is 89.4 cm³/mol. The summed E-state index contributed by atoms with van der Waals surface area (Å²) in [7, 11) is 0. The number of para-hydroxylation sites is 1. The van der Waals surface area contributed by atoms with Crippen LogP contribution >= 0.6 is 0 Å². The monoisotopic (exact) mass is 319 g/mol.